The van der Waals surface area contributed by atoms with Gasteiger partial charge in [-0.2, -0.15) is 0 Å². The molecule has 0 radical (unpaired) electrons. The van der Waals surface area contributed by atoms with Crippen LogP contribution >= 0.6 is 0 Å². The van der Waals surface area contributed by atoms with Crippen molar-refractivity contribution in [3.63, 3.8) is 0 Å². The van der Waals surface area contributed by atoms with Crippen LogP contribution in [-0.4, -0.2) is 36.7 Å². The minimum Gasteiger partial charge on any atom is -0.496 e. The average Bonchev–Trinajstić information content (AvgIpc) is 3.18. The maximum absolute atomic E-state index is 13.4. The fourth-order valence-electron chi connectivity index (χ4n) is 3.93. The van der Waals surface area contributed by atoms with Crippen LogP contribution < -0.4 is 9.46 Å². The van der Waals surface area contributed by atoms with E-state index in [1.54, 1.807) is 49.0 Å². The second-order valence-electron chi connectivity index (χ2n) is 8.06. The molecule has 10 nitrogen and oxygen atoms in total. The van der Waals surface area contributed by atoms with Crippen molar-refractivity contribution in [1.82, 2.24) is 9.29 Å². The summed E-state index contributed by atoms with van der Waals surface area (Å²) in [6.07, 6.45) is 1.56. The molecule has 1 amide bonds. The minimum atomic E-state index is -4.13. The zero-order valence-electron chi connectivity index (χ0n) is 19.5. The van der Waals surface area contributed by atoms with Gasteiger partial charge in [0.05, 0.1) is 22.5 Å². The first-order chi connectivity index (χ1) is 17.0. The third-order valence-electron chi connectivity index (χ3n) is 5.75. The molecular formula is C25H21N3O7S. The molecule has 0 fully saturated rings. The molecule has 0 atom stereocenters. The molecule has 3 aromatic carbocycles. The molecule has 0 unspecified atom stereocenters. The number of nitrogens with zero attached hydrogens (tertiary/aromatic N) is 2. The van der Waals surface area contributed by atoms with Crippen molar-refractivity contribution in [2.45, 2.75) is 11.8 Å². The highest BCUT2D eigenvalue weighted by Gasteiger charge is 2.24. The third kappa shape index (κ3) is 4.43. The number of nitrogens with one attached hydrogen (secondary N) is 1. The fourth-order valence-corrected chi connectivity index (χ4v) is 5.16. The van der Waals surface area contributed by atoms with E-state index in [-0.39, 0.29) is 33.0 Å². The van der Waals surface area contributed by atoms with Gasteiger partial charge in [-0.1, -0.05) is 18.2 Å². The second-order valence-corrected chi connectivity index (χ2v) is 9.71. The molecule has 0 bridgehead atoms. The number of non-ortho nitro benzene ring substituents is 1. The van der Waals surface area contributed by atoms with Crippen LogP contribution in [-0.2, 0) is 17.1 Å². The lowest BCUT2D eigenvalue weighted by Crippen LogP contribution is -2.31. The first-order valence-electron chi connectivity index (χ1n) is 10.6. The molecule has 1 heterocycles. The predicted octanol–water partition coefficient (Wildman–Crippen LogP) is 3.75. The highest BCUT2D eigenvalue weighted by atomic mass is 32.2. The Morgan fingerprint density at radius 2 is 1.75 bits per heavy atom. The number of carbonyl (C=O) groups is 2. The molecule has 184 valence electrons. The zero-order chi connectivity index (χ0) is 26.2. The maximum Gasteiger partial charge on any atom is 0.270 e. The minimum absolute atomic E-state index is 0.0258. The number of ketones is 1. The van der Waals surface area contributed by atoms with Crippen molar-refractivity contribution in [3.05, 3.63) is 99.2 Å². The Kier molecular flexibility index (Phi) is 6.34. The topological polar surface area (TPSA) is 138 Å². The number of amides is 1. The van der Waals surface area contributed by atoms with Crippen molar-refractivity contribution >= 4 is 38.3 Å². The third-order valence-corrected chi connectivity index (χ3v) is 7.24. The van der Waals surface area contributed by atoms with Crippen LogP contribution in [0.4, 0.5) is 5.69 Å². The van der Waals surface area contributed by atoms with Crippen LogP contribution in [0, 0.1) is 17.0 Å². The van der Waals surface area contributed by atoms with Gasteiger partial charge in [0.25, 0.3) is 21.6 Å². The Hall–Kier alpha value is -4.51. The number of aryl methyl sites for hydroxylation is 2. The van der Waals surface area contributed by atoms with Crippen LogP contribution in [0.1, 0.15) is 31.8 Å². The molecule has 0 spiro atoms. The van der Waals surface area contributed by atoms with E-state index in [9.17, 15) is 28.1 Å². The number of ether oxygens (including phenoxy) is 1. The Balaban J connectivity index is 1.69. The van der Waals surface area contributed by atoms with E-state index in [2.05, 4.69) is 0 Å². The number of rotatable bonds is 7. The lowest BCUT2D eigenvalue weighted by Gasteiger charge is -2.12. The largest absolute Gasteiger partial charge is 0.496 e. The van der Waals surface area contributed by atoms with Gasteiger partial charge in [0.15, 0.2) is 5.78 Å². The Bertz CT molecular complexity index is 1660. The number of hydrogen-bond donors (Lipinski definition) is 1. The summed E-state index contributed by atoms with van der Waals surface area (Å²) in [5.41, 5.74) is 1.24. The molecule has 11 heteroatoms. The Morgan fingerprint density at radius 3 is 2.42 bits per heavy atom. The standard InChI is InChI=1S/C25H21N3O7S/c1-15-6-4-5-7-23(15)36(33,34)26-25(30)16-8-10-18(22(12-16)35-3)24(29)20-14-27(2)21-11-9-17(28(31)32)13-19(20)21/h4-14H,1-3H3,(H,26,30). The van der Waals surface area contributed by atoms with Gasteiger partial charge < -0.3 is 9.30 Å². The number of nitro benzene ring substituents is 1. The first-order valence-corrected chi connectivity index (χ1v) is 12.1. The van der Waals surface area contributed by atoms with E-state index >= 15 is 0 Å². The van der Waals surface area contributed by atoms with Gasteiger partial charge in [-0.3, -0.25) is 19.7 Å². The number of carbonyl (C=O) groups excluding carboxylic acids is 2. The van der Waals surface area contributed by atoms with E-state index in [1.807, 2.05) is 4.72 Å². The van der Waals surface area contributed by atoms with Gasteiger partial charge in [-0.05, 0) is 42.8 Å². The molecule has 0 aliphatic rings. The summed E-state index contributed by atoms with van der Waals surface area (Å²) in [6.45, 7) is 1.62. The normalized spacial score (nSPS) is 11.3. The quantitative estimate of drug-likeness (QED) is 0.228. The van der Waals surface area contributed by atoms with Crippen LogP contribution in [0.3, 0.4) is 0 Å². The molecule has 4 aromatic rings. The number of benzene rings is 3. The van der Waals surface area contributed by atoms with Crippen molar-refractivity contribution in [3.8, 4) is 5.75 Å². The SMILES string of the molecule is COc1cc(C(=O)NS(=O)(=O)c2ccccc2C)ccc1C(=O)c1cn(C)c2ccc([N+](=O)[O-])cc12. The van der Waals surface area contributed by atoms with Crippen LogP contribution in [0.5, 0.6) is 5.75 Å². The highest BCUT2D eigenvalue weighted by molar-refractivity contribution is 7.90. The summed E-state index contributed by atoms with van der Waals surface area (Å²) in [6, 6.07) is 14.4. The highest BCUT2D eigenvalue weighted by Crippen LogP contribution is 2.30. The number of hydrogen-bond acceptors (Lipinski definition) is 7. The lowest BCUT2D eigenvalue weighted by atomic mass is 10.00. The molecule has 0 saturated heterocycles. The van der Waals surface area contributed by atoms with Gasteiger partial charge in [0.1, 0.15) is 5.75 Å². The van der Waals surface area contributed by atoms with Crippen molar-refractivity contribution in [1.29, 1.82) is 0 Å². The van der Waals surface area contributed by atoms with Crippen molar-refractivity contribution in [2.75, 3.05) is 7.11 Å². The first kappa shape index (κ1) is 24.6. The monoisotopic (exact) mass is 507 g/mol. The van der Waals surface area contributed by atoms with E-state index < -0.39 is 26.6 Å². The van der Waals surface area contributed by atoms with E-state index in [4.69, 9.17) is 4.74 Å². The zero-order valence-corrected chi connectivity index (χ0v) is 20.3. The summed E-state index contributed by atoms with van der Waals surface area (Å²) < 4.78 is 34.4. The van der Waals surface area contributed by atoms with Crippen molar-refractivity contribution in [2.24, 2.45) is 7.05 Å². The molecule has 0 aliphatic carbocycles. The van der Waals surface area contributed by atoms with Crippen molar-refractivity contribution < 1.29 is 27.7 Å². The number of sulfonamides is 1. The number of aromatic nitrogens is 1. The predicted molar refractivity (Wildman–Crippen MR) is 132 cm³/mol. The summed E-state index contributed by atoms with van der Waals surface area (Å²) >= 11 is 0. The summed E-state index contributed by atoms with van der Waals surface area (Å²) in [7, 11) is -1.10. The molecule has 1 aromatic heterocycles. The summed E-state index contributed by atoms with van der Waals surface area (Å²) in [5.74, 6) is -1.32. The van der Waals surface area contributed by atoms with Gasteiger partial charge in [-0.25, -0.2) is 13.1 Å². The van der Waals surface area contributed by atoms with Gasteiger partial charge in [0.2, 0.25) is 0 Å². The molecule has 36 heavy (non-hydrogen) atoms. The fraction of sp³-hybridized carbons (Fsp3) is 0.120. The van der Waals surface area contributed by atoms with Gasteiger partial charge in [-0.15, -0.1) is 0 Å². The van der Waals surface area contributed by atoms with E-state index in [0.717, 1.165) is 0 Å². The van der Waals surface area contributed by atoms with E-state index in [1.165, 1.54) is 43.5 Å². The van der Waals surface area contributed by atoms with Gasteiger partial charge >= 0.3 is 0 Å². The Morgan fingerprint density at radius 1 is 1.03 bits per heavy atom. The van der Waals surface area contributed by atoms with E-state index in [0.29, 0.717) is 16.5 Å². The lowest BCUT2D eigenvalue weighted by molar-refractivity contribution is -0.384. The average molecular weight is 508 g/mol. The van der Waals surface area contributed by atoms with Gasteiger partial charge in [0, 0.05) is 47.4 Å². The van der Waals surface area contributed by atoms with Crippen LogP contribution in [0.15, 0.2) is 71.8 Å². The summed E-state index contributed by atoms with van der Waals surface area (Å²) in [4.78, 5) is 36.8. The smallest absolute Gasteiger partial charge is 0.270 e. The maximum atomic E-state index is 13.4. The number of methoxy groups -OCH3 is 1. The second kappa shape index (κ2) is 9.27. The molecule has 1 N–H and O–H groups in total. The number of nitro groups is 1. The molecular weight excluding hydrogens is 486 g/mol. The van der Waals surface area contributed by atoms with Crippen LogP contribution in [0.25, 0.3) is 10.9 Å². The molecule has 0 saturated carbocycles. The molecule has 4 rings (SSSR count). The van der Waals surface area contributed by atoms with Crippen LogP contribution in [0.2, 0.25) is 0 Å². The number of fused-ring (bicyclic) bond motifs is 1. The summed E-state index contributed by atoms with van der Waals surface area (Å²) in [5, 5.41) is 11.6. The molecule has 0 aliphatic heterocycles. The Labute approximate surface area is 206 Å².